The number of aromatic nitrogens is 4. The summed E-state index contributed by atoms with van der Waals surface area (Å²) in [4.78, 5) is 11.9. The summed E-state index contributed by atoms with van der Waals surface area (Å²) in [7, 11) is -2.75. The van der Waals surface area contributed by atoms with Crippen LogP contribution < -0.4 is 5.73 Å². The minimum absolute atomic E-state index is 0.152. The Morgan fingerprint density at radius 2 is 2.40 bits per heavy atom. The minimum atomic E-state index is -2.75. The highest BCUT2D eigenvalue weighted by molar-refractivity contribution is 5.81. The normalized spacial score (nSPS) is 33.0. The number of hydrogen-bond acceptors (Lipinski definition) is 8. The number of aliphatic hydroxyl groups is 2. The van der Waals surface area contributed by atoms with Crippen LogP contribution in [-0.2, 0) is 9.47 Å². The second-order valence-corrected chi connectivity index (χ2v) is 4.40. The standard InChI is InChI=1S/C11H15N5O4/c1-19-8-7(18)5(2-17)20-11(8)16-4-15-6-9(12)13-3-14-10(6)16/h3-5,7-8,11,17-18H,2H2,1H3,(H2,12,13,14)/t5-,7?,8+,11-/m1/s1/i1D3. The van der Waals surface area contributed by atoms with E-state index in [4.69, 9.17) is 19.3 Å². The maximum Gasteiger partial charge on any atom is 0.167 e. The summed E-state index contributed by atoms with van der Waals surface area (Å²) in [5, 5.41) is 19.4. The Kier molecular flexibility index (Phi) is 2.47. The summed E-state index contributed by atoms with van der Waals surface area (Å²) >= 11 is 0. The van der Waals surface area contributed by atoms with E-state index in [2.05, 4.69) is 15.0 Å². The molecule has 1 aliphatic heterocycles. The lowest BCUT2D eigenvalue weighted by atomic mass is 10.1. The molecule has 1 unspecified atom stereocenters. The number of hydrogen-bond donors (Lipinski definition) is 3. The van der Waals surface area contributed by atoms with Crippen LogP contribution in [0.1, 0.15) is 10.3 Å². The first-order chi connectivity index (χ1) is 10.8. The Bertz CT molecular complexity index is 709. The number of ether oxygens (including phenoxy) is 2. The number of rotatable bonds is 3. The third-order valence-electron chi connectivity index (χ3n) is 3.29. The van der Waals surface area contributed by atoms with E-state index >= 15 is 0 Å². The second-order valence-electron chi connectivity index (χ2n) is 4.40. The summed E-state index contributed by atoms with van der Waals surface area (Å²) in [6.07, 6.45) is -2.05. The van der Waals surface area contributed by atoms with Gasteiger partial charge in [0, 0.05) is 7.04 Å². The minimum Gasteiger partial charge on any atom is -0.394 e. The van der Waals surface area contributed by atoms with Crippen molar-refractivity contribution in [2.24, 2.45) is 0 Å². The van der Waals surface area contributed by atoms with Crippen LogP contribution in [-0.4, -0.2) is 61.7 Å². The van der Waals surface area contributed by atoms with Gasteiger partial charge < -0.3 is 25.4 Å². The summed E-state index contributed by atoms with van der Waals surface area (Å²) in [5.41, 5.74) is 6.32. The molecule has 0 amide bonds. The number of nitrogen functional groups attached to an aromatic ring is 1. The molecular formula is C11H15N5O4. The van der Waals surface area contributed by atoms with Gasteiger partial charge in [-0.1, -0.05) is 0 Å². The monoisotopic (exact) mass is 284 g/mol. The Morgan fingerprint density at radius 3 is 3.15 bits per heavy atom. The Balaban J connectivity index is 2.02. The molecule has 4 atom stereocenters. The summed E-state index contributed by atoms with van der Waals surface area (Å²) in [5.74, 6) is 0.152. The first-order valence-corrected chi connectivity index (χ1v) is 5.87. The lowest BCUT2D eigenvalue weighted by Gasteiger charge is -2.19. The van der Waals surface area contributed by atoms with E-state index in [1.54, 1.807) is 0 Å². The molecular weight excluding hydrogens is 266 g/mol. The van der Waals surface area contributed by atoms with Crippen molar-refractivity contribution in [2.45, 2.75) is 24.5 Å². The van der Waals surface area contributed by atoms with E-state index in [0.29, 0.717) is 11.2 Å². The molecule has 2 aromatic rings. The van der Waals surface area contributed by atoms with Crippen LogP contribution in [0.4, 0.5) is 5.82 Å². The molecule has 3 heterocycles. The maximum absolute atomic E-state index is 10.2. The highest BCUT2D eigenvalue weighted by Crippen LogP contribution is 2.33. The first kappa shape index (κ1) is 10.00. The number of nitrogens with zero attached hydrogens (tertiary/aromatic N) is 4. The summed E-state index contributed by atoms with van der Waals surface area (Å²) < 4.78 is 33.6. The van der Waals surface area contributed by atoms with Gasteiger partial charge in [-0.3, -0.25) is 4.57 Å². The van der Waals surface area contributed by atoms with Gasteiger partial charge >= 0.3 is 0 Å². The zero-order valence-corrected chi connectivity index (χ0v) is 10.2. The highest BCUT2D eigenvalue weighted by Gasteiger charge is 2.45. The molecule has 0 saturated carbocycles. The van der Waals surface area contributed by atoms with Crippen molar-refractivity contribution in [1.29, 1.82) is 0 Å². The molecule has 0 radical (unpaired) electrons. The second kappa shape index (κ2) is 4.94. The highest BCUT2D eigenvalue weighted by atomic mass is 16.6. The zero-order chi connectivity index (χ0) is 16.8. The Hall–Kier alpha value is -1.81. The quantitative estimate of drug-likeness (QED) is 0.632. The van der Waals surface area contributed by atoms with E-state index < -0.39 is 38.2 Å². The van der Waals surface area contributed by atoms with Crippen LogP contribution in [0.15, 0.2) is 12.7 Å². The van der Waals surface area contributed by atoms with Crippen molar-refractivity contribution in [3.8, 4) is 0 Å². The van der Waals surface area contributed by atoms with Crippen molar-refractivity contribution in [1.82, 2.24) is 19.5 Å². The van der Waals surface area contributed by atoms with Crippen molar-refractivity contribution >= 4 is 17.0 Å². The third-order valence-corrected chi connectivity index (χ3v) is 3.29. The molecule has 108 valence electrons. The lowest BCUT2D eigenvalue weighted by molar-refractivity contribution is -0.0583. The Morgan fingerprint density at radius 1 is 1.55 bits per heavy atom. The number of nitrogens with two attached hydrogens (primary N) is 1. The molecule has 0 aliphatic carbocycles. The van der Waals surface area contributed by atoms with Gasteiger partial charge in [0.15, 0.2) is 17.7 Å². The summed E-state index contributed by atoms with van der Waals surface area (Å²) in [6.45, 7) is -0.498. The Labute approximate surface area is 118 Å². The first-order valence-electron chi connectivity index (χ1n) is 7.37. The molecule has 1 saturated heterocycles. The number of methoxy groups -OCH3 is 1. The maximum atomic E-state index is 10.2. The molecule has 1 fully saturated rings. The zero-order valence-electron chi connectivity index (χ0n) is 13.2. The summed E-state index contributed by atoms with van der Waals surface area (Å²) in [6, 6.07) is 0. The average Bonchev–Trinajstić information content (AvgIpc) is 3.01. The van der Waals surface area contributed by atoms with Gasteiger partial charge in [-0.05, 0) is 0 Å². The van der Waals surface area contributed by atoms with E-state index in [1.165, 1.54) is 17.2 Å². The van der Waals surface area contributed by atoms with Crippen molar-refractivity contribution in [2.75, 3.05) is 19.4 Å². The number of imidazole rings is 1. The van der Waals surface area contributed by atoms with Gasteiger partial charge in [0.1, 0.15) is 30.2 Å². The van der Waals surface area contributed by atoms with Gasteiger partial charge in [-0.2, -0.15) is 0 Å². The largest absolute Gasteiger partial charge is 0.394 e. The molecule has 9 nitrogen and oxygen atoms in total. The number of aliphatic hydroxyl groups excluding tert-OH is 2. The molecule has 2 aromatic heterocycles. The predicted molar refractivity (Wildman–Crippen MR) is 67.5 cm³/mol. The van der Waals surface area contributed by atoms with Gasteiger partial charge in [0.25, 0.3) is 0 Å². The molecule has 1 aliphatic rings. The number of fused-ring (bicyclic) bond motifs is 1. The molecule has 4 N–H and O–H groups in total. The van der Waals surface area contributed by atoms with Crippen LogP contribution in [0.5, 0.6) is 0 Å². The van der Waals surface area contributed by atoms with Crippen LogP contribution in [0.3, 0.4) is 0 Å². The molecule has 20 heavy (non-hydrogen) atoms. The van der Waals surface area contributed by atoms with Crippen molar-refractivity contribution in [3.05, 3.63) is 12.7 Å². The predicted octanol–water partition coefficient (Wildman–Crippen LogP) is -1.33. The molecule has 0 bridgehead atoms. The lowest BCUT2D eigenvalue weighted by Crippen LogP contribution is -2.34. The average molecular weight is 284 g/mol. The van der Waals surface area contributed by atoms with Gasteiger partial charge in [-0.25, -0.2) is 15.0 Å². The molecule has 3 rings (SSSR count). The van der Waals surface area contributed by atoms with Crippen LogP contribution in [0.2, 0.25) is 0 Å². The van der Waals surface area contributed by atoms with Gasteiger partial charge in [0.05, 0.1) is 17.0 Å². The van der Waals surface area contributed by atoms with Gasteiger partial charge in [-0.15, -0.1) is 0 Å². The van der Waals surface area contributed by atoms with Gasteiger partial charge in [0.2, 0.25) is 0 Å². The smallest absolute Gasteiger partial charge is 0.167 e. The van der Waals surface area contributed by atoms with Crippen molar-refractivity contribution < 1.29 is 23.8 Å². The molecule has 0 aromatic carbocycles. The van der Waals surface area contributed by atoms with E-state index in [1.807, 2.05) is 0 Å². The molecule has 0 spiro atoms. The fraction of sp³-hybridized carbons (Fsp3) is 0.545. The number of anilines is 1. The van der Waals surface area contributed by atoms with Crippen LogP contribution in [0.25, 0.3) is 11.2 Å². The fourth-order valence-electron chi connectivity index (χ4n) is 2.28. The topological polar surface area (TPSA) is 129 Å². The van der Waals surface area contributed by atoms with Crippen molar-refractivity contribution in [3.63, 3.8) is 0 Å². The SMILES string of the molecule is [2H]C([2H])([2H])O[C@H]1C(O)[C@@H](CO)O[C@H]1n1cnc2c(N)ncnc21. The van der Waals surface area contributed by atoms with E-state index in [9.17, 15) is 10.2 Å². The fourth-order valence-corrected chi connectivity index (χ4v) is 2.28. The third kappa shape index (κ3) is 1.83. The van der Waals surface area contributed by atoms with E-state index in [0.717, 1.165) is 0 Å². The van der Waals surface area contributed by atoms with Crippen LogP contribution in [0, 0.1) is 0 Å². The molecule has 9 heteroatoms. The van der Waals surface area contributed by atoms with Crippen LogP contribution >= 0.6 is 0 Å². The van der Waals surface area contributed by atoms with E-state index in [-0.39, 0.29) is 5.82 Å².